The van der Waals surface area contributed by atoms with Crippen molar-refractivity contribution < 1.29 is 14.0 Å². The summed E-state index contributed by atoms with van der Waals surface area (Å²) in [6.07, 6.45) is 6.97. The maximum atomic E-state index is 13.7. The van der Waals surface area contributed by atoms with Gasteiger partial charge in [-0.3, -0.25) is 14.5 Å². The Morgan fingerprint density at radius 3 is 2.42 bits per heavy atom. The molecule has 1 unspecified atom stereocenters. The lowest BCUT2D eigenvalue weighted by molar-refractivity contribution is -0.138. The van der Waals surface area contributed by atoms with Crippen molar-refractivity contribution in [3.63, 3.8) is 0 Å². The van der Waals surface area contributed by atoms with Crippen LogP contribution in [0.1, 0.15) is 48.6 Å². The van der Waals surface area contributed by atoms with Gasteiger partial charge in [-0.05, 0) is 80.2 Å². The maximum absolute atomic E-state index is 13.7. The number of carbonyl (C=O) groups is 2. The largest absolute Gasteiger partial charge is 0.361 e. The van der Waals surface area contributed by atoms with Crippen molar-refractivity contribution >= 4 is 46.0 Å². The van der Waals surface area contributed by atoms with Crippen molar-refractivity contribution in [3.05, 3.63) is 71.8 Å². The Bertz CT molecular complexity index is 1410. The highest BCUT2D eigenvalue weighted by atomic mass is 35.5. The molecule has 2 aliphatic heterocycles. The van der Waals surface area contributed by atoms with Gasteiger partial charge in [-0.1, -0.05) is 18.2 Å². The summed E-state index contributed by atoms with van der Waals surface area (Å²) in [6.45, 7) is 3.27. The van der Waals surface area contributed by atoms with Crippen LogP contribution in [0.2, 0.25) is 0 Å². The molecule has 6 rings (SSSR count). The maximum Gasteiger partial charge on any atom is 0.237 e. The minimum absolute atomic E-state index is 0. The van der Waals surface area contributed by atoms with Crippen LogP contribution in [-0.2, 0) is 9.59 Å². The lowest BCUT2D eigenvalue weighted by atomic mass is 9.89. The van der Waals surface area contributed by atoms with Crippen molar-refractivity contribution in [3.8, 4) is 0 Å². The summed E-state index contributed by atoms with van der Waals surface area (Å²) < 4.78 is 13.7. The smallest absolute Gasteiger partial charge is 0.237 e. The van der Waals surface area contributed by atoms with Gasteiger partial charge < -0.3 is 14.9 Å². The minimum atomic E-state index is -0.393. The molecule has 2 amide bonds. The quantitative estimate of drug-likeness (QED) is 0.346. The molecule has 2 aromatic heterocycles. The Kier molecular flexibility index (Phi) is 6.86. The van der Waals surface area contributed by atoms with Crippen molar-refractivity contribution in [2.75, 3.05) is 26.2 Å². The van der Waals surface area contributed by atoms with Crippen molar-refractivity contribution in [2.45, 2.75) is 37.5 Å². The second-order valence-corrected chi connectivity index (χ2v) is 9.83. The predicted octanol–water partition coefficient (Wildman–Crippen LogP) is 5.32. The average Bonchev–Trinajstić information content (AvgIpc) is 3.56. The van der Waals surface area contributed by atoms with E-state index >= 15 is 0 Å². The number of benzene rings is 2. The number of imide groups is 1. The molecule has 0 saturated carbocycles. The molecule has 4 heterocycles. The summed E-state index contributed by atoms with van der Waals surface area (Å²) in [5.41, 5.74) is 4.09. The SMILES string of the molecule is Cl.O=C1CC(c2c[nH]c3ccccc23)C(=O)N1CCCN1CCC(c2c[nH]c3ccc(F)cc23)CC1. The first-order valence-electron chi connectivity index (χ1n) is 12.5. The number of para-hydroxylation sites is 1. The standard InChI is InChI=1S/C28H29FN4O2.ClH/c29-19-6-7-26-21(14-19)23(16-30-26)18-8-12-32(13-9-18)10-3-11-33-27(34)15-22(28(33)35)24-17-31-25-5-2-1-4-20(24)25;/h1-2,4-7,14,16-18,22,30-31H,3,8-13,15H2;1H. The molecule has 0 radical (unpaired) electrons. The minimum Gasteiger partial charge on any atom is -0.361 e. The zero-order chi connectivity index (χ0) is 23.9. The van der Waals surface area contributed by atoms with E-state index in [0.29, 0.717) is 12.5 Å². The van der Waals surface area contributed by atoms with E-state index in [1.54, 1.807) is 12.1 Å². The molecule has 6 nitrogen and oxygen atoms in total. The Morgan fingerprint density at radius 2 is 1.61 bits per heavy atom. The number of halogens is 2. The van der Waals surface area contributed by atoms with Gasteiger partial charge in [0.05, 0.1) is 5.92 Å². The lowest BCUT2D eigenvalue weighted by Gasteiger charge is -2.32. The topological polar surface area (TPSA) is 72.2 Å². The molecular formula is C28H30ClFN4O2. The summed E-state index contributed by atoms with van der Waals surface area (Å²) in [7, 11) is 0. The number of amides is 2. The predicted molar refractivity (Wildman–Crippen MR) is 141 cm³/mol. The van der Waals surface area contributed by atoms with Crippen LogP contribution in [0.5, 0.6) is 0 Å². The lowest BCUT2D eigenvalue weighted by Crippen LogP contribution is -2.37. The van der Waals surface area contributed by atoms with E-state index in [1.807, 2.05) is 36.7 Å². The number of carbonyl (C=O) groups excluding carboxylic acids is 2. The van der Waals surface area contributed by atoms with E-state index in [9.17, 15) is 14.0 Å². The Balaban J connectivity index is 0.00000267. The molecule has 0 spiro atoms. The molecule has 4 aromatic rings. The van der Waals surface area contributed by atoms with Crippen molar-refractivity contribution in [1.82, 2.24) is 19.8 Å². The van der Waals surface area contributed by atoms with Gasteiger partial charge in [-0.25, -0.2) is 4.39 Å². The van der Waals surface area contributed by atoms with Crippen LogP contribution in [0.3, 0.4) is 0 Å². The summed E-state index contributed by atoms with van der Waals surface area (Å²) in [5.74, 6) is -0.329. The summed E-state index contributed by atoms with van der Waals surface area (Å²) in [6, 6.07) is 12.8. The van der Waals surface area contributed by atoms with E-state index in [4.69, 9.17) is 0 Å². The molecule has 2 N–H and O–H groups in total. The van der Waals surface area contributed by atoms with Gasteiger partial charge in [-0.15, -0.1) is 12.4 Å². The molecule has 0 aliphatic carbocycles. The highest BCUT2D eigenvalue weighted by Crippen LogP contribution is 2.35. The monoisotopic (exact) mass is 508 g/mol. The molecule has 2 aliphatic rings. The normalized spacial score (nSPS) is 19.5. The number of piperidine rings is 1. The van der Waals surface area contributed by atoms with Crippen LogP contribution in [0.25, 0.3) is 21.8 Å². The van der Waals surface area contributed by atoms with Crippen LogP contribution in [0.4, 0.5) is 4.39 Å². The molecule has 8 heteroatoms. The van der Waals surface area contributed by atoms with Gasteiger partial charge in [0, 0.05) is 47.2 Å². The van der Waals surface area contributed by atoms with Crippen molar-refractivity contribution in [1.29, 1.82) is 0 Å². The first-order valence-corrected chi connectivity index (χ1v) is 12.5. The van der Waals surface area contributed by atoms with Gasteiger partial charge in [0.15, 0.2) is 0 Å². The molecule has 36 heavy (non-hydrogen) atoms. The van der Waals surface area contributed by atoms with Gasteiger partial charge in [0.1, 0.15) is 5.82 Å². The average molecular weight is 509 g/mol. The first-order chi connectivity index (χ1) is 17.1. The Labute approximate surface area is 215 Å². The molecular weight excluding hydrogens is 479 g/mol. The Hall–Kier alpha value is -3.16. The molecule has 2 saturated heterocycles. The molecule has 1 atom stereocenters. The molecule has 188 valence electrons. The van der Waals surface area contributed by atoms with Crippen LogP contribution < -0.4 is 0 Å². The van der Waals surface area contributed by atoms with E-state index < -0.39 is 5.92 Å². The summed E-state index contributed by atoms with van der Waals surface area (Å²) in [5, 5.41) is 2.00. The number of likely N-dealkylation sites (tertiary alicyclic amines) is 2. The fourth-order valence-corrected chi connectivity index (χ4v) is 5.92. The van der Waals surface area contributed by atoms with Crippen LogP contribution in [0, 0.1) is 5.82 Å². The third-order valence-electron chi connectivity index (χ3n) is 7.80. The van der Waals surface area contributed by atoms with Crippen LogP contribution >= 0.6 is 12.4 Å². The van der Waals surface area contributed by atoms with Crippen LogP contribution in [-0.4, -0.2) is 57.8 Å². The van der Waals surface area contributed by atoms with Gasteiger partial charge in [-0.2, -0.15) is 0 Å². The number of H-pyrrole nitrogens is 2. The van der Waals surface area contributed by atoms with E-state index in [-0.39, 0.29) is 36.5 Å². The van der Waals surface area contributed by atoms with Gasteiger partial charge >= 0.3 is 0 Å². The van der Waals surface area contributed by atoms with E-state index in [0.717, 1.165) is 66.3 Å². The third-order valence-corrected chi connectivity index (χ3v) is 7.80. The molecule has 0 bridgehead atoms. The molecule has 2 aromatic carbocycles. The summed E-state index contributed by atoms with van der Waals surface area (Å²) >= 11 is 0. The highest BCUT2D eigenvalue weighted by molar-refractivity contribution is 6.07. The van der Waals surface area contributed by atoms with Gasteiger partial charge in [0.2, 0.25) is 11.8 Å². The second kappa shape index (κ2) is 10.1. The zero-order valence-corrected chi connectivity index (χ0v) is 20.8. The number of nitrogens with zero attached hydrogens (tertiary/aromatic N) is 2. The third kappa shape index (κ3) is 4.42. The number of rotatable bonds is 6. The summed E-state index contributed by atoms with van der Waals surface area (Å²) in [4.78, 5) is 36.1. The fraction of sp³-hybridized carbons (Fsp3) is 0.357. The number of hydrogen-bond acceptors (Lipinski definition) is 3. The molecule has 2 fully saturated rings. The number of nitrogens with one attached hydrogen (secondary N) is 2. The zero-order valence-electron chi connectivity index (χ0n) is 20.0. The Morgan fingerprint density at radius 1 is 0.889 bits per heavy atom. The second-order valence-electron chi connectivity index (χ2n) is 9.83. The number of aromatic amines is 2. The van der Waals surface area contributed by atoms with Crippen LogP contribution in [0.15, 0.2) is 54.9 Å². The highest BCUT2D eigenvalue weighted by Gasteiger charge is 2.40. The van der Waals surface area contributed by atoms with E-state index in [1.165, 1.54) is 16.5 Å². The van der Waals surface area contributed by atoms with Gasteiger partial charge in [0.25, 0.3) is 0 Å². The first kappa shape index (κ1) is 24.5. The fourth-order valence-electron chi connectivity index (χ4n) is 5.92. The van der Waals surface area contributed by atoms with E-state index in [2.05, 4.69) is 14.9 Å². The number of aromatic nitrogens is 2. The number of hydrogen-bond donors (Lipinski definition) is 2. The van der Waals surface area contributed by atoms with Crippen molar-refractivity contribution in [2.24, 2.45) is 0 Å². The number of fused-ring (bicyclic) bond motifs is 2.